The first-order valence-corrected chi connectivity index (χ1v) is 10.5. The molecule has 0 spiro atoms. The summed E-state index contributed by atoms with van der Waals surface area (Å²) in [6.07, 6.45) is 3.75. The number of hydrazone groups is 1. The number of furan rings is 1. The summed E-state index contributed by atoms with van der Waals surface area (Å²) in [5, 5.41) is 3.86. The molecule has 0 bridgehead atoms. The minimum absolute atomic E-state index is 0.126. The van der Waals surface area contributed by atoms with E-state index in [2.05, 4.69) is 10.5 Å². The van der Waals surface area contributed by atoms with Crippen molar-refractivity contribution < 1.29 is 27.1 Å². The maximum atomic E-state index is 12.9. The van der Waals surface area contributed by atoms with Gasteiger partial charge in [0.1, 0.15) is 5.76 Å². The fraction of sp³-hybridized carbons (Fsp3) is 0.368. The maximum absolute atomic E-state index is 12.9. The Labute approximate surface area is 169 Å². The second-order valence-corrected chi connectivity index (χ2v) is 8.38. The van der Waals surface area contributed by atoms with Gasteiger partial charge in [-0.2, -0.15) is 9.41 Å². The van der Waals surface area contributed by atoms with Crippen LogP contribution in [-0.4, -0.2) is 52.2 Å². The number of amides is 1. The molecule has 2 aromatic rings. The molecule has 1 aromatic carbocycles. The quantitative estimate of drug-likeness (QED) is 0.540. The topological polar surface area (TPSA) is 110 Å². The van der Waals surface area contributed by atoms with E-state index in [9.17, 15) is 13.2 Å². The highest BCUT2D eigenvalue weighted by Gasteiger charge is 2.32. The van der Waals surface area contributed by atoms with Crippen LogP contribution in [0.5, 0.6) is 11.5 Å². The fourth-order valence-electron chi connectivity index (χ4n) is 3.10. The van der Waals surface area contributed by atoms with Crippen molar-refractivity contribution in [1.29, 1.82) is 0 Å². The number of ether oxygens (including phenoxy) is 2. The minimum Gasteiger partial charge on any atom is -0.493 e. The largest absolute Gasteiger partial charge is 0.493 e. The fourth-order valence-corrected chi connectivity index (χ4v) is 4.59. The normalized spacial score (nSPS) is 16.1. The molecule has 1 fully saturated rings. The van der Waals surface area contributed by atoms with Crippen molar-refractivity contribution in [3.8, 4) is 11.5 Å². The molecule has 29 heavy (non-hydrogen) atoms. The smallest absolute Gasteiger partial charge is 0.243 e. The SMILES string of the molecule is COc1ccc(S(=O)(=O)N2CCC(C(=O)N/N=C\c3ccco3)CC2)cc1OC. The number of hydrogen-bond donors (Lipinski definition) is 1. The van der Waals surface area contributed by atoms with Crippen LogP contribution >= 0.6 is 0 Å². The summed E-state index contributed by atoms with van der Waals surface area (Å²) in [5.74, 6) is 0.784. The zero-order valence-electron chi connectivity index (χ0n) is 16.2. The van der Waals surface area contributed by atoms with Crippen LogP contribution in [0.4, 0.5) is 0 Å². The number of nitrogens with zero attached hydrogens (tertiary/aromatic N) is 2. The molecule has 9 nitrogen and oxygen atoms in total. The third-order valence-electron chi connectivity index (χ3n) is 4.73. The van der Waals surface area contributed by atoms with E-state index >= 15 is 0 Å². The molecule has 0 unspecified atom stereocenters. The molecule has 1 aromatic heterocycles. The van der Waals surface area contributed by atoms with E-state index in [4.69, 9.17) is 13.9 Å². The van der Waals surface area contributed by atoms with Crippen molar-refractivity contribution in [2.24, 2.45) is 11.0 Å². The van der Waals surface area contributed by atoms with Gasteiger partial charge in [-0.1, -0.05) is 0 Å². The molecule has 156 valence electrons. The Morgan fingerprint density at radius 2 is 1.93 bits per heavy atom. The summed E-state index contributed by atoms with van der Waals surface area (Å²) >= 11 is 0. The highest BCUT2D eigenvalue weighted by Crippen LogP contribution is 2.31. The number of sulfonamides is 1. The van der Waals surface area contributed by atoms with Gasteiger partial charge in [0.2, 0.25) is 15.9 Å². The molecule has 10 heteroatoms. The van der Waals surface area contributed by atoms with Gasteiger partial charge in [0, 0.05) is 25.1 Å². The molecular formula is C19H23N3O6S. The molecule has 1 saturated heterocycles. The standard InChI is InChI=1S/C19H23N3O6S/c1-26-17-6-5-16(12-18(17)27-2)29(24,25)22-9-7-14(8-10-22)19(23)21-20-13-15-4-3-11-28-15/h3-6,11-14H,7-10H2,1-2H3,(H,21,23)/b20-13-. The van der Waals surface area contributed by atoms with Crippen LogP contribution < -0.4 is 14.9 Å². The summed E-state index contributed by atoms with van der Waals surface area (Å²) in [6, 6.07) is 7.92. The van der Waals surface area contributed by atoms with E-state index in [1.165, 1.54) is 43.1 Å². The van der Waals surface area contributed by atoms with Gasteiger partial charge in [-0.25, -0.2) is 13.8 Å². The van der Waals surface area contributed by atoms with Crippen LogP contribution in [0, 0.1) is 5.92 Å². The van der Waals surface area contributed by atoms with E-state index in [-0.39, 0.29) is 29.8 Å². The van der Waals surface area contributed by atoms with E-state index in [0.717, 1.165) is 0 Å². The number of nitrogens with one attached hydrogen (secondary N) is 1. The van der Waals surface area contributed by atoms with E-state index in [1.54, 1.807) is 18.2 Å². The van der Waals surface area contributed by atoms with Crippen molar-refractivity contribution in [3.63, 3.8) is 0 Å². The number of carbonyl (C=O) groups excluding carboxylic acids is 1. The van der Waals surface area contributed by atoms with Crippen LogP contribution in [0.3, 0.4) is 0 Å². The van der Waals surface area contributed by atoms with Gasteiger partial charge in [-0.3, -0.25) is 4.79 Å². The molecule has 0 radical (unpaired) electrons. The lowest BCUT2D eigenvalue weighted by Crippen LogP contribution is -2.42. The van der Waals surface area contributed by atoms with Crippen LogP contribution in [0.1, 0.15) is 18.6 Å². The second kappa shape index (κ2) is 9.10. The van der Waals surface area contributed by atoms with Crippen molar-refractivity contribution in [2.75, 3.05) is 27.3 Å². The van der Waals surface area contributed by atoms with Gasteiger partial charge in [0.05, 0.1) is 31.6 Å². The van der Waals surface area contributed by atoms with Crippen LogP contribution in [0.15, 0.2) is 51.0 Å². The van der Waals surface area contributed by atoms with Crippen LogP contribution in [0.2, 0.25) is 0 Å². The molecule has 0 saturated carbocycles. The predicted octanol–water partition coefficient (Wildman–Crippen LogP) is 1.85. The molecule has 0 atom stereocenters. The van der Waals surface area contributed by atoms with Crippen molar-refractivity contribution in [1.82, 2.24) is 9.73 Å². The molecule has 1 amide bonds. The lowest BCUT2D eigenvalue weighted by Gasteiger charge is -2.30. The van der Waals surface area contributed by atoms with Gasteiger partial charge >= 0.3 is 0 Å². The number of hydrogen-bond acceptors (Lipinski definition) is 7. The van der Waals surface area contributed by atoms with Crippen molar-refractivity contribution in [2.45, 2.75) is 17.7 Å². The number of rotatable bonds is 7. The summed E-state index contributed by atoms with van der Waals surface area (Å²) < 4.78 is 42.7. The molecular weight excluding hydrogens is 398 g/mol. The average Bonchev–Trinajstić information content (AvgIpc) is 3.26. The Bertz CT molecular complexity index is 964. The van der Waals surface area contributed by atoms with Gasteiger partial charge in [-0.05, 0) is 37.1 Å². The summed E-state index contributed by atoms with van der Waals surface area (Å²) in [7, 11) is -0.753. The maximum Gasteiger partial charge on any atom is 0.243 e. The first-order valence-electron chi connectivity index (χ1n) is 9.04. The first kappa shape index (κ1) is 20.9. The lowest BCUT2D eigenvalue weighted by molar-refractivity contribution is -0.126. The lowest BCUT2D eigenvalue weighted by atomic mass is 9.98. The van der Waals surface area contributed by atoms with E-state index < -0.39 is 10.0 Å². The third kappa shape index (κ3) is 4.77. The van der Waals surface area contributed by atoms with Crippen molar-refractivity contribution >= 4 is 22.1 Å². The number of methoxy groups -OCH3 is 2. The zero-order valence-corrected chi connectivity index (χ0v) is 17.0. The Balaban J connectivity index is 1.60. The number of piperidine rings is 1. The molecule has 1 N–H and O–H groups in total. The summed E-state index contributed by atoms with van der Waals surface area (Å²) in [4.78, 5) is 12.4. The Morgan fingerprint density at radius 1 is 1.21 bits per heavy atom. The van der Waals surface area contributed by atoms with Gasteiger partial charge in [0.15, 0.2) is 11.5 Å². The van der Waals surface area contributed by atoms with E-state index in [1.807, 2.05) is 0 Å². The highest BCUT2D eigenvalue weighted by atomic mass is 32.2. The molecule has 1 aliphatic heterocycles. The molecule has 0 aliphatic carbocycles. The Morgan fingerprint density at radius 3 is 2.55 bits per heavy atom. The number of carbonyl (C=O) groups is 1. The number of benzene rings is 1. The first-order chi connectivity index (χ1) is 14.0. The molecule has 1 aliphatic rings. The predicted molar refractivity (Wildman–Crippen MR) is 105 cm³/mol. The van der Waals surface area contributed by atoms with Crippen molar-refractivity contribution in [3.05, 3.63) is 42.4 Å². The monoisotopic (exact) mass is 421 g/mol. The minimum atomic E-state index is -3.69. The summed E-state index contributed by atoms with van der Waals surface area (Å²) in [6.45, 7) is 0.493. The second-order valence-electron chi connectivity index (χ2n) is 6.44. The van der Waals surface area contributed by atoms with Gasteiger partial charge in [0.25, 0.3) is 0 Å². The Kier molecular flexibility index (Phi) is 6.55. The van der Waals surface area contributed by atoms with Gasteiger partial charge in [-0.15, -0.1) is 0 Å². The summed E-state index contributed by atoms with van der Waals surface area (Å²) in [5.41, 5.74) is 2.48. The molecule has 3 rings (SSSR count). The van der Waals surface area contributed by atoms with E-state index in [0.29, 0.717) is 30.1 Å². The van der Waals surface area contributed by atoms with Crippen LogP contribution in [0.25, 0.3) is 0 Å². The van der Waals surface area contributed by atoms with Gasteiger partial charge < -0.3 is 13.9 Å². The zero-order chi connectivity index (χ0) is 20.9. The highest BCUT2D eigenvalue weighted by molar-refractivity contribution is 7.89. The average molecular weight is 421 g/mol. The third-order valence-corrected chi connectivity index (χ3v) is 6.62. The Hall–Kier alpha value is -2.85. The molecule has 2 heterocycles. The van der Waals surface area contributed by atoms with Crippen LogP contribution in [-0.2, 0) is 14.8 Å².